The van der Waals surface area contributed by atoms with Crippen LogP contribution in [0.3, 0.4) is 0 Å². The third-order valence-electron chi connectivity index (χ3n) is 3.26. The summed E-state index contributed by atoms with van der Waals surface area (Å²) in [6.45, 7) is 6.97. The lowest BCUT2D eigenvalue weighted by Crippen LogP contribution is -2.49. The molecule has 3 heterocycles. The van der Waals surface area contributed by atoms with Crippen molar-refractivity contribution < 1.29 is 0 Å². The number of hydrogen-bond acceptors (Lipinski definition) is 5. The zero-order valence-corrected chi connectivity index (χ0v) is 11.2. The molecule has 100 valence electrons. The van der Waals surface area contributed by atoms with Crippen LogP contribution in [0.1, 0.15) is 12.6 Å². The minimum Gasteiger partial charge on any atom is -0.337 e. The zero-order valence-electron chi connectivity index (χ0n) is 11.2. The van der Waals surface area contributed by atoms with Crippen LogP contribution in [0.5, 0.6) is 0 Å². The molecule has 3 rings (SSSR count). The largest absolute Gasteiger partial charge is 0.337 e. The van der Waals surface area contributed by atoms with E-state index < -0.39 is 0 Å². The van der Waals surface area contributed by atoms with Crippen molar-refractivity contribution in [2.24, 2.45) is 0 Å². The molecule has 0 unspecified atom stereocenters. The highest BCUT2D eigenvalue weighted by Gasteiger charge is 2.19. The molecule has 0 saturated carbocycles. The van der Waals surface area contributed by atoms with Crippen molar-refractivity contribution in [2.75, 3.05) is 24.5 Å². The van der Waals surface area contributed by atoms with Crippen LogP contribution in [0.15, 0.2) is 18.2 Å². The summed E-state index contributed by atoms with van der Waals surface area (Å²) >= 11 is 0. The fourth-order valence-corrected chi connectivity index (χ4v) is 2.30. The number of rotatable bonds is 2. The highest BCUT2D eigenvalue weighted by atomic mass is 15.4. The van der Waals surface area contributed by atoms with Gasteiger partial charge in [-0.15, -0.1) is 5.10 Å². The average Bonchev–Trinajstić information content (AvgIpc) is 2.88. The number of aromatic amines is 1. The summed E-state index contributed by atoms with van der Waals surface area (Å²) in [6, 6.07) is 6.36. The molecule has 6 nitrogen and oxygen atoms in total. The van der Waals surface area contributed by atoms with Crippen LogP contribution in [-0.4, -0.2) is 45.8 Å². The Morgan fingerprint density at radius 2 is 2.21 bits per heavy atom. The monoisotopic (exact) mass is 258 g/mol. The number of aromatic nitrogens is 4. The lowest BCUT2D eigenvalue weighted by atomic mass is 10.2. The van der Waals surface area contributed by atoms with Crippen molar-refractivity contribution in [1.29, 1.82) is 0 Å². The number of piperazine rings is 1. The summed E-state index contributed by atoms with van der Waals surface area (Å²) in [5, 5.41) is 10.7. The minimum absolute atomic E-state index is 0.466. The molecule has 0 bridgehead atoms. The van der Waals surface area contributed by atoms with Gasteiger partial charge < -0.3 is 10.2 Å². The van der Waals surface area contributed by atoms with E-state index >= 15 is 0 Å². The third-order valence-corrected chi connectivity index (χ3v) is 3.26. The van der Waals surface area contributed by atoms with Crippen molar-refractivity contribution in [3.05, 3.63) is 23.9 Å². The maximum absolute atomic E-state index is 4.55. The van der Waals surface area contributed by atoms with Gasteiger partial charge in [-0.1, -0.05) is 6.07 Å². The molecular formula is C13H18N6. The second kappa shape index (κ2) is 4.97. The van der Waals surface area contributed by atoms with Crippen LogP contribution >= 0.6 is 0 Å². The summed E-state index contributed by atoms with van der Waals surface area (Å²) in [6.07, 6.45) is 0. The van der Waals surface area contributed by atoms with Crippen LogP contribution in [0.4, 0.5) is 5.95 Å². The molecule has 2 aromatic rings. The predicted octanol–water partition coefficient (Wildman–Crippen LogP) is 0.973. The van der Waals surface area contributed by atoms with Gasteiger partial charge in [0.2, 0.25) is 5.95 Å². The maximum Gasteiger partial charge on any atom is 0.245 e. The van der Waals surface area contributed by atoms with Crippen molar-refractivity contribution >= 4 is 5.95 Å². The van der Waals surface area contributed by atoms with E-state index in [1.807, 2.05) is 25.1 Å². The molecule has 0 amide bonds. The molecule has 1 aliphatic heterocycles. The SMILES string of the molecule is Cc1cccc(-c2nc(N3CCN[C@@H](C)C3)n[nH]2)n1. The number of pyridine rings is 1. The fourth-order valence-electron chi connectivity index (χ4n) is 2.30. The molecule has 1 saturated heterocycles. The Morgan fingerprint density at radius 1 is 1.32 bits per heavy atom. The van der Waals surface area contributed by atoms with Crippen molar-refractivity contribution in [2.45, 2.75) is 19.9 Å². The molecule has 6 heteroatoms. The molecule has 1 fully saturated rings. The zero-order chi connectivity index (χ0) is 13.2. The number of anilines is 1. The summed E-state index contributed by atoms with van der Waals surface area (Å²) in [7, 11) is 0. The van der Waals surface area contributed by atoms with E-state index in [-0.39, 0.29) is 0 Å². The van der Waals surface area contributed by atoms with Gasteiger partial charge in [-0.05, 0) is 26.0 Å². The fraction of sp³-hybridized carbons (Fsp3) is 0.462. The van der Waals surface area contributed by atoms with E-state index in [0.29, 0.717) is 6.04 Å². The van der Waals surface area contributed by atoms with E-state index in [4.69, 9.17) is 0 Å². The predicted molar refractivity (Wildman–Crippen MR) is 74.0 cm³/mol. The summed E-state index contributed by atoms with van der Waals surface area (Å²) < 4.78 is 0. The van der Waals surface area contributed by atoms with Crippen LogP contribution in [0, 0.1) is 6.92 Å². The highest BCUT2D eigenvalue weighted by Crippen LogP contribution is 2.16. The second-order valence-corrected chi connectivity index (χ2v) is 4.95. The molecule has 1 aliphatic rings. The lowest BCUT2D eigenvalue weighted by molar-refractivity contribution is 0.480. The van der Waals surface area contributed by atoms with Crippen LogP contribution < -0.4 is 10.2 Å². The third kappa shape index (κ3) is 2.58. The first-order chi connectivity index (χ1) is 9.22. The van der Waals surface area contributed by atoms with Gasteiger partial charge in [0.1, 0.15) is 5.69 Å². The molecule has 2 aromatic heterocycles. The van der Waals surface area contributed by atoms with E-state index in [2.05, 4.69) is 37.3 Å². The molecule has 2 N–H and O–H groups in total. The Hall–Kier alpha value is -1.95. The number of nitrogens with one attached hydrogen (secondary N) is 2. The second-order valence-electron chi connectivity index (χ2n) is 4.95. The number of H-pyrrole nitrogens is 1. The van der Waals surface area contributed by atoms with Gasteiger partial charge in [-0.2, -0.15) is 4.98 Å². The molecule has 0 spiro atoms. The number of nitrogens with zero attached hydrogens (tertiary/aromatic N) is 4. The van der Waals surface area contributed by atoms with Gasteiger partial charge in [0.05, 0.1) is 0 Å². The van der Waals surface area contributed by atoms with Crippen LogP contribution in [0.2, 0.25) is 0 Å². The van der Waals surface area contributed by atoms with Gasteiger partial charge in [0, 0.05) is 31.4 Å². The Morgan fingerprint density at radius 3 is 3.00 bits per heavy atom. The van der Waals surface area contributed by atoms with Crippen molar-refractivity contribution in [3.63, 3.8) is 0 Å². The number of aryl methyl sites for hydroxylation is 1. The van der Waals surface area contributed by atoms with Gasteiger partial charge in [-0.25, -0.2) is 4.98 Å². The summed E-state index contributed by atoms with van der Waals surface area (Å²) in [5.41, 5.74) is 1.81. The first-order valence-corrected chi connectivity index (χ1v) is 6.57. The summed E-state index contributed by atoms with van der Waals surface area (Å²) in [5.74, 6) is 1.48. The Bertz CT molecular complexity index is 564. The molecule has 0 aliphatic carbocycles. The molecule has 19 heavy (non-hydrogen) atoms. The average molecular weight is 258 g/mol. The van der Waals surface area contributed by atoms with Gasteiger partial charge >= 0.3 is 0 Å². The maximum atomic E-state index is 4.55. The summed E-state index contributed by atoms with van der Waals surface area (Å²) in [4.78, 5) is 11.2. The molecular weight excluding hydrogens is 240 g/mol. The van der Waals surface area contributed by atoms with Gasteiger partial charge in [0.25, 0.3) is 0 Å². The standard InChI is InChI=1S/C13H18N6/c1-9-4-3-5-11(15-9)12-16-13(18-17-12)19-7-6-14-10(2)8-19/h3-5,10,14H,6-8H2,1-2H3,(H,16,17,18)/t10-/m0/s1. The lowest BCUT2D eigenvalue weighted by Gasteiger charge is -2.30. The first-order valence-electron chi connectivity index (χ1n) is 6.57. The normalized spacial score (nSPS) is 19.7. The quantitative estimate of drug-likeness (QED) is 0.840. The Kier molecular flexibility index (Phi) is 3.16. The van der Waals surface area contributed by atoms with Crippen molar-refractivity contribution in [3.8, 4) is 11.5 Å². The topological polar surface area (TPSA) is 69.7 Å². The van der Waals surface area contributed by atoms with Crippen LogP contribution in [0.25, 0.3) is 11.5 Å². The van der Waals surface area contributed by atoms with Crippen molar-refractivity contribution in [1.82, 2.24) is 25.5 Å². The number of hydrogen-bond donors (Lipinski definition) is 2. The molecule has 0 aromatic carbocycles. The van der Waals surface area contributed by atoms with E-state index in [9.17, 15) is 0 Å². The van der Waals surface area contributed by atoms with Gasteiger partial charge in [-0.3, -0.25) is 5.10 Å². The molecule has 1 atom stereocenters. The molecule has 0 radical (unpaired) electrons. The van der Waals surface area contributed by atoms with Crippen LogP contribution in [-0.2, 0) is 0 Å². The van der Waals surface area contributed by atoms with E-state index in [0.717, 1.165) is 42.8 Å². The van der Waals surface area contributed by atoms with Gasteiger partial charge in [0.15, 0.2) is 5.82 Å². The first kappa shape index (κ1) is 12.1. The Balaban J connectivity index is 1.83. The minimum atomic E-state index is 0.466. The highest BCUT2D eigenvalue weighted by molar-refractivity contribution is 5.51. The van der Waals surface area contributed by atoms with E-state index in [1.54, 1.807) is 0 Å². The van der Waals surface area contributed by atoms with E-state index in [1.165, 1.54) is 0 Å². The smallest absolute Gasteiger partial charge is 0.245 e. The Labute approximate surface area is 112 Å².